The number of nitrogens with zero attached hydrogens (tertiary/aromatic N) is 1. The van der Waals surface area contributed by atoms with Crippen molar-refractivity contribution in [2.24, 2.45) is 0 Å². The first kappa shape index (κ1) is 15.8. The molecule has 0 amide bonds. The normalized spacial score (nSPS) is 39.1. The molecular weight excluding hydrogens is 260 g/mol. The van der Waals surface area contributed by atoms with Crippen molar-refractivity contribution in [2.45, 2.75) is 101 Å². The van der Waals surface area contributed by atoms with Crippen LogP contribution >= 0.6 is 0 Å². The Hall–Kier alpha value is -0.120. The van der Waals surface area contributed by atoms with Crippen LogP contribution in [0.25, 0.3) is 0 Å². The molecule has 1 heterocycles. The zero-order valence-electron chi connectivity index (χ0n) is 13.8. The SMILES string of the molecule is CCC1CCCCCN1C1CCCC(CO)(NC2CC2)C1. The Labute approximate surface area is 130 Å². The minimum absolute atomic E-state index is 0.0225. The van der Waals surface area contributed by atoms with E-state index in [9.17, 15) is 5.11 Å². The molecule has 3 fully saturated rings. The summed E-state index contributed by atoms with van der Waals surface area (Å²) in [5.74, 6) is 0. The standard InChI is InChI=1S/C18H34N2O/c1-2-16-7-4-3-5-12-20(16)17-8-6-11-18(13-17,14-21)19-15-9-10-15/h15-17,19,21H,2-14H2,1H3. The second-order valence-electron chi connectivity index (χ2n) is 7.76. The topological polar surface area (TPSA) is 35.5 Å². The van der Waals surface area contributed by atoms with Crippen LogP contribution in [0.3, 0.4) is 0 Å². The second kappa shape index (κ2) is 6.97. The molecule has 0 spiro atoms. The van der Waals surface area contributed by atoms with Crippen molar-refractivity contribution >= 4 is 0 Å². The Kier molecular flexibility index (Phi) is 5.23. The lowest BCUT2D eigenvalue weighted by Gasteiger charge is -2.46. The van der Waals surface area contributed by atoms with Gasteiger partial charge in [0.15, 0.2) is 0 Å². The van der Waals surface area contributed by atoms with E-state index in [1.807, 2.05) is 0 Å². The van der Waals surface area contributed by atoms with Gasteiger partial charge in [-0.25, -0.2) is 0 Å². The van der Waals surface area contributed by atoms with E-state index in [2.05, 4.69) is 17.1 Å². The lowest BCUT2D eigenvalue weighted by molar-refractivity contribution is 0.0374. The Morgan fingerprint density at radius 3 is 2.67 bits per heavy atom. The zero-order chi connectivity index (χ0) is 14.7. The third-order valence-corrected chi connectivity index (χ3v) is 6.07. The summed E-state index contributed by atoms with van der Waals surface area (Å²) in [6.07, 6.45) is 14.4. The molecule has 3 unspecified atom stereocenters. The van der Waals surface area contributed by atoms with Crippen molar-refractivity contribution in [1.29, 1.82) is 0 Å². The van der Waals surface area contributed by atoms with Crippen LogP contribution in [0.5, 0.6) is 0 Å². The van der Waals surface area contributed by atoms with Crippen LogP contribution in [-0.4, -0.2) is 46.8 Å². The van der Waals surface area contributed by atoms with Gasteiger partial charge < -0.3 is 10.4 Å². The van der Waals surface area contributed by atoms with Gasteiger partial charge >= 0.3 is 0 Å². The fourth-order valence-electron chi connectivity index (χ4n) is 4.71. The highest BCUT2D eigenvalue weighted by atomic mass is 16.3. The Balaban J connectivity index is 1.67. The summed E-state index contributed by atoms with van der Waals surface area (Å²) in [4.78, 5) is 2.82. The number of likely N-dealkylation sites (tertiary alicyclic amines) is 1. The van der Waals surface area contributed by atoms with Crippen molar-refractivity contribution in [2.75, 3.05) is 13.2 Å². The van der Waals surface area contributed by atoms with Crippen LogP contribution in [0.15, 0.2) is 0 Å². The molecule has 0 aromatic rings. The Morgan fingerprint density at radius 2 is 1.95 bits per heavy atom. The number of rotatable bonds is 5. The number of aliphatic hydroxyl groups excluding tert-OH is 1. The van der Waals surface area contributed by atoms with Gasteiger partial charge in [-0.2, -0.15) is 0 Å². The lowest BCUT2D eigenvalue weighted by Crippen LogP contribution is -2.57. The molecule has 3 heteroatoms. The lowest BCUT2D eigenvalue weighted by atomic mass is 9.78. The minimum atomic E-state index is 0.0225. The van der Waals surface area contributed by atoms with Gasteiger partial charge in [0.25, 0.3) is 0 Å². The van der Waals surface area contributed by atoms with Crippen LogP contribution in [-0.2, 0) is 0 Å². The van der Waals surface area contributed by atoms with Gasteiger partial charge in [-0.3, -0.25) is 4.90 Å². The Bertz CT molecular complexity index is 331. The first-order valence-corrected chi connectivity index (χ1v) is 9.40. The maximum Gasteiger partial charge on any atom is 0.0613 e. The third kappa shape index (κ3) is 3.80. The smallest absolute Gasteiger partial charge is 0.0613 e. The monoisotopic (exact) mass is 294 g/mol. The maximum absolute atomic E-state index is 10.0. The summed E-state index contributed by atoms with van der Waals surface area (Å²) < 4.78 is 0. The van der Waals surface area contributed by atoms with E-state index >= 15 is 0 Å². The molecule has 2 aliphatic carbocycles. The van der Waals surface area contributed by atoms with Crippen LogP contribution in [0.1, 0.15) is 77.6 Å². The summed E-state index contributed by atoms with van der Waals surface area (Å²) in [5.41, 5.74) is 0.0225. The summed E-state index contributed by atoms with van der Waals surface area (Å²) >= 11 is 0. The summed E-state index contributed by atoms with van der Waals surface area (Å²) in [5, 5.41) is 13.8. The molecule has 21 heavy (non-hydrogen) atoms. The number of hydrogen-bond donors (Lipinski definition) is 2. The van der Waals surface area contributed by atoms with E-state index in [-0.39, 0.29) is 5.54 Å². The van der Waals surface area contributed by atoms with E-state index in [1.54, 1.807) is 0 Å². The molecule has 0 radical (unpaired) electrons. The number of nitrogens with one attached hydrogen (secondary N) is 1. The van der Waals surface area contributed by atoms with Gasteiger partial charge in [0, 0.05) is 23.7 Å². The molecule has 0 aromatic heterocycles. The van der Waals surface area contributed by atoms with Gasteiger partial charge in [-0.05, 0) is 64.3 Å². The predicted octanol–water partition coefficient (Wildman–Crippen LogP) is 3.07. The molecule has 0 bridgehead atoms. The van der Waals surface area contributed by atoms with Gasteiger partial charge in [-0.1, -0.05) is 19.8 Å². The van der Waals surface area contributed by atoms with E-state index in [1.165, 1.54) is 70.8 Å². The van der Waals surface area contributed by atoms with E-state index in [0.29, 0.717) is 18.7 Å². The quantitative estimate of drug-likeness (QED) is 0.818. The zero-order valence-corrected chi connectivity index (χ0v) is 13.8. The molecule has 1 aliphatic heterocycles. The van der Waals surface area contributed by atoms with E-state index in [0.717, 1.165) is 12.5 Å². The molecule has 122 valence electrons. The number of aliphatic hydroxyl groups is 1. The average Bonchev–Trinajstić information content (AvgIpc) is 3.33. The van der Waals surface area contributed by atoms with Gasteiger partial charge in [0.05, 0.1) is 6.61 Å². The Morgan fingerprint density at radius 1 is 1.10 bits per heavy atom. The highest BCUT2D eigenvalue weighted by Gasteiger charge is 2.42. The van der Waals surface area contributed by atoms with Crippen molar-refractivity contribution in [3.05, 3.63) is 0 Å². The highest BCUT2D eigenvalue weighted by Crippen LogP contribution is 2.36. The van der Waals surface area contributed by atoms with Crippen LogP contribution in [0, 0.1) is 0 Å². The molecule has 1 saturated heterocycles. The first-order valence-electron chi connectivity index (χ1n) is 9.40. The molecule has 3 aliphatic rings. The highest BCUT2D eigenvalue weighted by molar-refractivity contribution is 5.01. The molecular formula is C18H34N2O. The minimum Gasteiger partial charge on any atom is -0.394 e. The van der Waals surface area contributed by atoms with Crippen molar-refractivity contribution in [3.8, 4) is 0 Å². The van der Waals surface area contributed by atoms with Gasteiger partial charge in [0.1, 0.15) is 0 Å². The largest absolute Gasteiger partial charge is 0.394 e. The molecule has 3 atom stereocenters. The van der Waals surface area contributed by atoms with E-state index < -0.39 is 0 Å². The molecule has 3 rings (SSSR count). The maximum atomic E-state index is 10.0. The molecule has 2 N–H and O–H groups in total. The molecule has 3 nitrogen and oxygen atoms in total. The average molecular weight is 294 g/mol. The fraction of sp³-hybridized carbons (Fsp3) is 1.00. The van der Waals surface area contributed by atoms with Crippen molar-refractivity contribution in [3.63, 3.8) is 0 Å². The first-order chi connectivity index (χ1) is 10.3. The molecule has 2 saturated carbocycles. The summed E-state index contributed by atoms with van der Waals surface area (Å²) in [6.45, 7) is 3.96. The third-order valence-electron chi connectivity index (χ3n) is 6.07. The number of hydrogen-bond acceptors (Lipinski definition) is 3. The van der Waals surface area contributed by atoms with Crippen LogP contribution in [0.4, 0.5) is 0 Å². The predicted molar refractivity (Wildman–Crippen MR) is 87.5 cm³/mol. The van der Waals surface area contributed by atoms with Crippen molar-refractivity contribution < 1.29 is 5.11 Å². The van der Waals surface area contributed by atoms with Crippen molar-refractivity contribution in [1.82, 2.24) is 10.2 Å². The van der Waals surface area contributed by atoms with Crippen LogP contribution in [0.2, 0.25) is 0 Å². The van der Waals surface area contributed by atoms with E-state index in [4.69, 9.17) is 0 Å². The van der Waals surface area contributed by atoms with Gasteiger partial charge in [0.2, 0.25) is 0 Å². The fourth-order valence-corrected chi connectivity index (χ4v) is 4.71. The summed E-state index contributed by atoms with van der Waals surface area (Å²) in [7, 11) is 0. The summed E-state index contributed by atoms with van der Waals surface area (Å²) in [6, 6.07) is 2.18. The molecule has 0 aromatic carbocycles. The van der Waals surface area contributed by atoms with Gasteiger partial charge in [-0.15, -0.1) is 0 Å². The second-order valence-corrected chi connectivity index (χ2v) is 7.76. The van der Waals surface area contributed by atoms with Crippen LogP contribution < -0.4 is 5.32 Å².